The van der Waals surface area contributed by atoms with Gasteiger partial charge in [-0.3, -0.25) is 4.79 Å². The van der Waals surface area contributed by atoms with Crippen LogP contribution in [0.4, 0.5) is 0 Å². The first-order chi connectivity index (χ1) is 13.2. The molecular formula is C22H43IN4O2. The van der Waals surface area contributed by atoms with Gasteiger partial charge in [0.15, 0.2) is 5.96 Å². The number of hydrogen-bond donors (Lipinski definition) is 2. The molecule has 0 bridgehead atoms. The van der Waals surface area contributed by atoms with E-state index in [0.29, 0.717) is 17.9 Å². The van der Waals surface area contributed by atoms with Crippen molar-refractivity contribution in [2.75, 3.05) is 33.8 Å². The highest BCUT2D eigenvalue weighted by Gasteiger charge is 2.35. The molecule has 2 N–H and O–H groups in total. The minimum Gasteiger partial charge on any atom is -0.377 e. The molecule has 0 aromatic heterocycles. The molecule has 170 valence electrons. The van der Waals surface area contributed by atoms with Crippen molar-refractivity contribution < 1.29 is 9.53 Å². The van der Waals surface area contributed by atoms with Gasteiger partial charge < -0.3 is 20.3 Å². The normalized spacial score (nSPS) is 28.3. The third kappa shape index (κ3) is 8.59. The number of carbonyl (C=O) groups excluding carboxylic acids is 1. The van der Waals surface area contributed by atoms with Gasteiger partial charge in [0.1, 0.15) is 6.54 Å². The number of nitrogens with zero attached hydrogens (tertiary/aromatic N) is 2. The van der Waals surface area contributed by atoms with Crippen molar-refractivity contribution in [2.24, 2.45) is 22.2 Å². The van der Waals surface area contributed by atoms with Gasteiger partial charge in [0, 0.05) is 39.2 Å². The van der Waals surface area contributed by atoms with Crippen molar-refractivity contribution in [1.82, 2.24) is 15.5 Å². The van der Waals surface area contributed by atoms with Crippen LogP contribution in [0.25, 0.3) is 0 Å². The molecule has 6 nitrogen and oxygen atoms in total. The molecule has 29 heavy (non-hydrogen) atoms. The fraction of sp³-hybridized carbons (Fsp3) is 0.909. The van der Waals surface area contributed by atoms with Crippen molar-refractivity contribution in [2.45, 2.75) is 78.4 Å². The van der Waals surface area contributed by atoms with Crippen molar-refractivity contribution in [3.63, 3.8) is 0 Å². The number of aliphatic imine (C=N–C) groups is 1. The summed E-state index contributed by atoms with van der Waals surface area (Å²) in [7, 11) is 3.55. The standard InChI is InChI=1S/C22H42N4O2.HI/c1-16-10-7-8-12-18(16)25-21(24-15-19(27)26(5)6)23-14-17-11-9-13-28-20(17)22(2,3)4;/h16-18,20H,7-15H2,1-6H3,(H2,23,24,25);1H. The third-order valence-corrected chi connectivity index (χ3v) is 6.13. The monoisotopic (exact) mass is 522 g/mol. The van der Waals surface area contributed by atoms with Crippen LogP contribution in [-0.4, -0.2) is 62.7 Å². The summed E-state index contributed by atoms with van der Waals surface area (Å²) >= 11 is 0. The zero-order valence-electron chi connectivity index (χ0n) is 19.3. The van der Waals surface area contributed by atoms with E-state index < -0.39 is 0 Å². The molecule has 0 aromatic carbocycles. The van der Waals surface area contributed by atoms with Crippen molar-refractivity contribution >= 4 is 35.8 Å². The van der Waals surface area contributed by atoms with Crippen molar-refractivity contribution in [3.05, 3.63) is 0 Å². The van der Waals surface area contributed by atoms with Crippen LogP contribution in [-0.2, 0) is 9.53 Å². The van der Waals surface area contributed by atoms with Crippen LogP contribution < -0.4 is 10.6 Å². The van der Waals surface area contributed by atoms with Crippen molar-refractivity contribution in [1.29, 1.82) is 0 Å². The van der Waals surface area contributed by atoms with E-state index in [1.54, 1.807) is 19.0 Å². The summed E-state index contributed by atoms with van der Waals surface area (Å²) in [6.45, 7) is 10.9. The number of amides is 1. The average Bonchev–Trinajstić information content (AvgIpc) is 2.64. The molecule has 2 rings (SSSR count). The van der Waals surface area contributed by atoms with E-state index in [1.165, 1.54) is 32.1 Å². The summed E-state index contributed by atoms with van der Waals surface area (Å²) in [6, 6.07) is 0.426. The minimum atomic E-state index is 0. The highest BCUT2D eigenvalue weighted by atomic mass is 127. The Balaban J connectivity index is 0.00000420. The first-order valence-corrected chi connectivity index (χ1v) is 11.0. The summed E-state index contributed by atoms with van der Waals surface area (Å²) in [5.41, 5.74) is 0.121. The Morgan fingerprint density at radius 2 is 1.83 bits per heavy atom. The van der Waals surface area contributed by atoms with Crippen LogP contribution in [0, 0.1) is 17.3 Å². The summed E-state index contributed by atoms with van der Waals surface area (Å²) in [6.07, 6.45) is 7.51. The molecular weight excluding hydrogens is 479 g/mol. The summed E-state index contributed by atoms with van der Waals surface area (Å²) in [4.78, 5) is 18.2. The maximum atomic E-state index is 12.0. The largest absolute Gasteiger partial charge is 0.377 e. The molecule has 0 aromatic rings. The molecule has 4 unspecified atom stereocenters. The number of guanidine groups is 1. The molecule has 2 aliphatic rings. The molecule has 1 heterocycles. The lowest BCUT2D eigenvalue weighted by atomic mass is 9.78. The van der Waals surface area contributed by atoms with Crippen LogP contribution in [0.15, 0.2) is 4.99 Å². The topological polar surface area (TPSA) is 66.0 Å². The fourth-order valence-electron chi connectivity index (χ4n) is 4.38. The first-order valence-electron chi connectivity index (χ1n) is 11.0. The van der Waals surface area contributed by atoms with Gasteiger partial charge in [-0.05, 0) is 37.0 Å². The van der Waals surface area contributed by atoms with Gasteiger partial charge >= 0.3 is 0 Å². The van der Waals surface area contributed by atoms with E-state index in [2.05, 4.69) is 43.3 Å². The van der Waals surface area contributed by atoms with Crippen LogP contribution in [0.1, 0.15) is 66.2 Å². The number of likely N-dealkylation sites (N-methyl/N-ethyl adjacent to an activating group) is 1. The zero-order chi connectivity index (χ0) is 20.7. The van der Waals surface area contributed by atoms with Gasteiger partial charge in [0.25, 0.3) is 0 Å². The second-order valence-corrected chi connectivity index (χ2v) is 9.91. The third-order valence-electron chi connectivity index (χ3n) is 6.13. The van der Waals surface area contributed by atoms with E-state index in [1.807, 2.05) is 0 Å². The average molecular weight is 523 g/mol. The quantitative estimate of drug-likeness (QED) is 0.329. The van der Waals surface area contributed by atoms with Gasteiger partial charge in [-0.1, -0.05) is 40.5 Å². The van der Waals surface area contributed by atoms with Gasteiger partial charge in [0.05, 0.1) is 6.10 Å². The van der Waals surface area contributed by atoms with E-state index >= 15 is 0 Å². The Bertz CT molecular complexity index is 533. The lowest BCUT2D eigenvalue weighted by molar-refractivity contribution is -0.127. The maximum absolute atomic E-state index is 12.0. The molecule has 1 aliphatic carbocycles. The molecule has 1 aliphatic heterocycles. The van der Waals surface area contributed by atoms with E-state index in [4.69, 9.17) is 4.74 Å². The maximum Gasteiger partial charge on any atom is 0.243 e. The Morgan fingerprint density at radius 1 is 1.14 bits per heavy atom. The molecule has 1 amide bonds. The number of nitrogens with one attached hydrogen (secondary N) is 2. The Hall–Kier alpha value is -0.570. The SMILES string of the molecule is CC1CCCCC1NC(=NCC(=O)N(C)C)NCC1CCCOC1C(C)(C)C.I. The summed E-state index contributed by atoms with van der Waals surface area (Å²) < 4.78 is 6.12. The number of halogens is 1. The van der Waals surface area contributed by atoms with Crippen molar-refractivity contribution in [3.8, 4) is 0 Å². The van der Waals surface area contributed by atoms with Crippen LogP contribution in [0.5, 0.6) is 0 Å². The van der Waals surface area contributed by atoms with Gasteiger partial charge in [-0.2, -0.15) is 0 Å². The van der Waals surface area contributed by atoms with Gasteiger partial charge in [-0.25, -0.2) is 4.99 Å². The molecule has 7 heteroatoms. The van der Waals surface area contributed by atoms with Crippen LogP contribution in [0.2, 0.25) is 0 Å². The lowest BCUT2D eigenvalue weighted by Crippen LogP contribution is -2.51. The Morgan fingerprint density at radius 3 is 2.45 bits per heavy atom. The summed E-state index contributed by atoms with van der Waals surface area (Å²) in [5.74, 6) is 1.87. The predicted octanol–water partition coefficient (Wildman–Crippen LogP) is 3.65. The van der Waals surface area contributed by atoms with E-state index in [9.17, 15) is 4.79 Å². The van der Waals surface area contributed by atoms with Crippen LogP contribution in [0.3, 0.4) is 0 Å². The Kier molecular flexibility index (Phi) is 11.2. The number of hydrogen-bond acceptors (Lipinski definition) is 3. The fourth-order valence-corrected chi connectivity index (χ4v) is 4.38. The molecule has 0 radical (unpaired) electrons. The predicted molar refractivity (Wildman–Crippen MR) is 131 cm³/mol. The molecule has 1 saturated carbocycles. The first kappa shape index (κ1) is 26.5. The Labute approximate surface area is 195 Å². The minimum absolute atomic E-state index is 0. The molecule has 2 fully saturated rings. The van der Waals surface area contributed by atoms with E-state index in [0.717, 1.165) is 25.5 Å². The highest BCUT2D eigenvalue weighted by Crippen LogP contribution is 2.33. The number of rotatable bonds is 5. The smallest absolute Gasteiger partial charge is 0.243 e. The second-order valence-electron chi connectivity index (χ2n) is 9.91. The number of ether oxygens (including phenoxy) is 1. The molecule has 0 spiro atoms. The van der Waals surface area contributed by atoms with Gasteiger partial charge in [0.2, 0.25) is 5.91 Å². The highest BCUT2D eigenvalue weighted by molar-refractivity contribution is 14.0. The summed E-state index contributed by atoms with van der Waals surface area (Å²) in [5, 5.41) is 7.16. The molecule has 4 atom stereocenters. The second kappa shape index (κ2) is 12.3. The van der Waals surface area contributed by atoms with E-state index in [-0.39, 0.29) is 47.9 Å². The molecule has 1 saturated heterocycles. The zero-order valence-corrected chi connectivity index (χ0v) is 21.6. The lowest BCUT2D eigenvalue weighted by Gasteiger charge is -2.40. The van der Waals surface area contributed by atoms with Gasteiger partial charge in [-0.15, -0.1) is 24.0 Å². The van der Waals surface area contributed by atoms with Crippen LogP contribution >= 0.6 is 24.0 Å². The number of carbonyl (C=O) groups is 1.